The van der Waals surface area contributed by atoms with Crippen LogP contribution in [0.1, 0.15) is 16.3 Å². The summed E-state index contributed by atoms with van der Waals surface area (Å²) in [5, 5.41) is 10.8. The molecule has 102 valence electrons. The largest absolute Gasteiger partial charge is 0.376 e. The Balaban J connectivity index is 1.83. The molecule has 3 aromatic rings. The first-order chi connectivity index (χ1) is 9.72. The summed E-state index contributed by atoms with van der Waals surface area (Å²) in [6.07, 6.45) is 7.42. The Bertz CT molecular complexity index is 716. The molecule has 0 amide bonds. The van der Waals surface area contributed by atoms with Gasteiger partial charge in [0, 0.05) is 23.5 Å². The summed E-state index contributed by atoms with van der Waals surface area (Å²) in [5.74, 6) is 0. The van der Waals surface area contributed by atoms with Gasteiger partial charge in [-0.15, -0.1) is 11.3 Å². The Hall–Kier alpha value is -2.21. The molecule has 20 heavy (non-hydrogen) atoms. The number of aryl methyl sites for hydroxylation is 2. The van der Waals surface area contributed by atoms with Gasteiger partial charge in [-0.1, -0.05) is 0 Å². The molecule has 0 aliphatic carbocycles. The van der Waals surface area contributed by atoms with Crippen molar-refractivity contribution in [2.75, 3.05) is 5.32 Å². The summed E-state index contributed by atoms with van der Waals surface area (Å²) in [6, 6.07) is 1.95. The van der Waals surface area contributed by atoms with Gasteiger partial charge < -0.3 is 5.32 Å². The van der Waals surface area contributed by atoms with E-state index < -0.39 is 0 Å². The average molecular weight is 285 g/mol. The van der Waals surface area contributed by atoms with Crippen LogP contribution in [0.5, 0.6) is 0 Å². The Morgan fingerprint density at radius 3 is 2.90 bits per heavy atom. The van der Waals surface area contributed by atoms with Crippen molar-refractivity contribution in [3.8, 4) is 5.69 Å². The highest BCUT2D eigenvalue weighted by molar-refractivity contribution is 7.09. The summed E-state index contributed by atoms with van der Waals surface area (Å²) < 4.78 is 1.85. The van der Waals surface area contributed by atoms with Gasteiger partial charge in [0.15, 0.2) is 0 Å². The van der Waals surface area contributed by atoms with Gasteiger partial charge in [0.25, 0.3) is 0 Å². The van der Waals surface area contributed by atoms with Crippen molar-refractivity contribution in [3.63, 3.8) is 0 Å². The maximum Gasteiger partial charge on any atom is 0.112 e. The molecule has 3 rings (SSSR count). The second-order valence-corrected chi connectivity index (χ2v) is 5.53. The first kappa shape index (κ1) is 12.8. The second kappa shape index (κ2) is 5.42. The van der Waals surface area contributed by atoms with Gasteiger partial charge in [-0.25, -0.2) is 9.67 Å². The van der Waals surface area contributed by atoms with E-state index in [1.807, 2.05) is 43.2 Å². The molecule has 0 aromatic carbocycles. The molecule has 0 atom stereocenters. The van der Waals surface area contributed by atoms with Crippen molar-refractivity contribution < 1.29 is 0 Å². The van der Waals surface area contributed by atoms with Crippen molar-refractivity contribution in [2.24, 2.45) is 0 Å². The third-order valence-corrected chi connectivity index (χ3v) is 3.82. The molecule has 0 saturated heterocycles. The van der Waals surface area contributed by atoms with Crippen LogP contribution in [-0.4, -0.2) is 19.7 Å². The fraction of sp³-hybridized carbons (Fsp3) is 0.214. The van der Waals surface area contributed by atoms with E-state index in [-0.39, 0.29) is 0 Å². The Kier molecular flexibility index (Phi) is 3.47. The standard InChI is InChI=1S/C14H15N5S/c1-10-5-17-19(8-10)13-3-4-15-6-12(13)16-7-14-18-11(2)9-20-14/h3-6,8-9,16H,7H2,1-2H3. The van der Waals surface area contributed by atoms with E-state index in [9.17, 15) is 0 Å². The number of nitrogens with zero attached hydrogens (tertiary/aromatic N) is 4. The molecule has 0 unspecified atom stereocenters. The molecular formula is C14H15N5S. The predicted octanol–water partition coefficient (Wildman–Crippen LogP) is 2.95. The number of nitrogens with one attached hydrogen (secondary N) is 1. The average Bonchev–Trinajstić information content (AvgIpc) is 3.06. The van der Waals surface area contributed by atoms with Gasteiger partial charge in [-0.2, -0.15) is 5.10 Å². The first-order valence-electron chi connectivity index (χ1n) is 6.33. The van der Waals surface area contributed by atoms with Crippen LogP contribution in [0.4, 0.5) is 5.69 Å². The van der Waals surface area contributed by atoms with E-state index in [1.54, 1.807) is 17.5 Å². The monoisotopic (exact) mass is 285 g/mol. The minimum Gasteiger partial charge on any atom is -0.376 e. The van der Waals surface area contributed by atoms with Crippen LogP contribution >= 0.6 is 11.3 Å². The summed E-state index contributed by atoms with van der Waals surface area (Å²) >= 11 is 1.66. The Morgan fingerprint density at radius 2 is 2.20 bits per heavy atom. The quantitative estimate of drug-likeness (QED) is 0.800. The van der Waals surface area contributed by atoms with Crippen molar-refractivity contribution in [2.45, 2.75) is 20.4 Å². The number of rotatable bonds is 4. The number of anilines is 1. The third-order valence-electron chi connectivity index (χ3n) is 2.85. The fourth-order valence-electron chi connectivity index (χ4n) is 1.92. The van der Waals surface area contributed by atoms with Crippen LogP contribution in [0.2, 0.25) is 0 Å². The SMILES string of the molecule is Cc1cnn(-c2ccncc2NCc2nc(C)cs2)c1. The second-order valence-electron chi connectivity index (χ2n) is 4.59. The van der Waals surface area contributed by atoms with Crippen molar-refractivity contribution in [1.82, 2.24) is 19.7 Å². The summed E-state index contributed by atoms with van der Waals surface area (Å²) in [6.45, 7) is 4.72. The molecule has 0 fully saturated rings. The van der Waals surface area contributed by atoms with Crippen molar-refractivity contribution >= 4 is 17.0 Å². The van der Waals surface area contributed by atoms with E-state index in [0.29, 0.717) is 6.54 Å². The zero-order valence-corrected chi connectivity index (χ0v) is 12.2. The van der Waals surface area contributed by atoms with E-state index in [2.05, 4.69) is 25.8 Å². The fourth-order valence-corrected chi connectivity index (χ4v) is 2.63. The van der Waals surface area contributed by atoms with Gasteiger partial charge >= 0.3 is 0 Å². The van der Waals surface area contributed by atoms with Crippen LogP contribution in [0.3, 0.4) is 0 Å². The molecule has 3 aromatic heterocycles. The van der Waals surface area contributed by atoms with Gasteiger partial charge in [0.05, 0.1) is 30.3 Å². The molecule has 0 bridgehead atoms. The Morgan fingerprint density at radius 1 is 1.30 bits per heavy atom. The number of hydrogen-bond acceptors (Lipinski definition) is 5. The first-order valence-corrected chi connectivity index (χ1v) is 7.21. The number of hydrogen-bond donors (Lipinski definition) is 1. The normalized spacial score (nSPS) is 10.7. The molecule has 1 N–H and O–H groups in total. The smallest absolute Gasteiger partial charge is 0.112 e. The third kappa shape index (κ3) is 2.70. The van der Waals surface area contributed by atoms with Crippen LogP contribution in [-0.2, 0) is 6.54 Å². The van der Waals surface area contributed by atoms with Gasteiger partial charge in [-0.05, 0) is 25.5 Å². The minimum absolute atomic E-state index is 0.692. The molecule has 3 heterocycles. The highest BCUT2D eigenvalue weighted by atomic mass is 32.1. The molecule has 6 heteroatoms. The van der Waals surface area contributed by atoms with Crippen LogP contribution in [0.15, 0.2) is 36.2 Å². The molecule has 5 nitrogen and oxygen atoms in total. The lowest BCUT2D eigenvalue weighted by Crippen LogP contribution is -2.05. The topological polar surface area (TPSA) is 55.6 Å². The molecule has 0 spiro atoms. The molecule has 0 saturated carbocycles. The van der Waals surface area contributed by atoms with Gasteiger partial charge in [-0.3, -0.25) is 4.98 Å². The highest BCUT2D eigenvalue weighted by Gasteiger charge is 2.06. The van der Waals surface area contributed by atoms with Crippen molar-refractivity contribution in [3.05, 3.63) is 52.5 Å². The molecule has 0 aliphatic heterocycles. The van der Waals surface area contributed by atoms with Crippen LogP contribution < -0.4 is 5.32 Å². The Labute approximate surface area is 121 Å². The van der Waals surface area contributed by atoms with Gasteiger partial charge in [0.1, 0.15) is 5.01 Å². The minimum atomic E-state index is 0.692. The van der Waals surface area contributed by atoms with Crippen LogP contribution in [0, 0.1) is 13.8 Å². The zero-order chi connectivity index (χ0) is 13.9. The van der Waals surface area contributed by atoms with E-state index in [1.165, 1.54) is 0 Å². The lowest BCUT2D eigenvalue weighted by atomic mass is 10.3. The highest BCUT2D eigenvalue weighted by Crippen LogP contribution is 2.20. The molecule has 0 radical (unpaired) electrons. The maximum atomic E-state index is 4.45. The number of aromatic nitrogens is 4. The molecular weight excluding hydrogens is 270 g/mol. The summed E-state index contributed by atoms with van der Waals surface area (Å²) in [7, 11) is 0. The molecule has 0 aliphatic rings. The van der Waals surface area contributed by atoms with Crippen LogP contribution in [0.25, 0.3) is 5.69 Å². The lowest BCUT2D eigenvalue weighted by molar-refractivity contribution is 0.875. The van der Waals surface area contributed by atoms with E-state index >= 15 is 0 Å². The maximum absolute atomic E-state index is 4.45. The predicted molar refractivity (Wildman–Crippen MR) is 80.3 cm³/mol. The zero-order valence-electron chi connectivity index (χ0n) is 11.4. The number of pyridine rings is 1. The lowest BCUT2D eigenvalue weighted by Gasteiger charge is -2.10. The summed E-state index contributed by atoms with van der Waals surface area (Å²) in [5.41, 5.74) is 4.12. The van der Waals surface area contributed by atoms with E-state index in [0.717, 1.165) is 27.6 Å². The van der Waals surface area contributed by atoms with Crippen molar-refractivity contribution in [1.29, 1.82) is 0 Å². The number of thiazole rings is 1. The summed E-state index contributed by atoms with van der Waals surface area (Å²) in [4.78, 5) is 8.62. The van der Waals surface area contributed by atoms with Gasteiger partial charge in [0.2, 0.25) is 0 Å². The van der Waals surface area contributed by atoms with E-state index in [4.69, 9.17) is 0 Å².